The van der Waals surface area contributed by atoms with Crippen LogP contribution in [0.3, 0.4) is 0 Å². The van der Waals surface area contributed by atoms with E-state index in [1.165, 1.54) is 29.1 Å². The summed E-state index contributed by atoms with van der Waals surface area (Å²) in [7, 11) is 1.41. The average molecular weight is 456 g/mol. The summed E-state index contributed by atoms with van der Waals surface area (Å²) in [6.45, 7) is 13.9. The van der Waals surface area contributed by atoms with Crippen LogP contribution in [-0.2, 0) is 30.2 Å². The summed E-state index contributed by atoms with van der Waals surface area (Å²) < 4.78 is 22.6. The largest absolute Gasteiger partial charge is 0.464 e. The third-order valence-corrected chi connectivity index (χ3v) is 4.11. The van der Waals surface area contributed by atoms with Crippen LogP contribution in [0, 0.1) is 0 Å². The van der Waals surface area contributed by atoms with Gasteiger partial charge in [0.05, 0.1) is 12.3 Å². The zero-order valence-corrected chi connectivity index (χ0v) is 20.7. The van der Waals surface area contributed by atoms with Crippen LogP contribution in [0.25, 0.3) is 0 Å². The first-order chi connectivity index (χ1) is 14.6. The summed E-state index contributed by atoms with van der Waals surface area (Å²) in [5, 5.41) is 0. The average Bonchev–Trinajstić information content (AvgIpc) is 3.09. The zero-order chi connectivity index (χ0) is 24.7. The molecule has 0 aliphatic carbocycles. The van der Waals surface area contributed by atoms with Crippen molar-refractivity contribution in [3.8, 4) is 0 Å². The van der Waals surface area contributed by atoms with Crippen molar-refractivity contribution in [1.82, 2.24) is 14.5 Å². The van der Waals surface area contributed by atoms with Gasteiger partial charge in [-0.25, -0.2) is 23.9 Å². The van der Waals surface area contributed by atoms with Gasteiger partial charge in [0.15, 0.2) is 0 Å². The number of ether oxygens (including phenoxy) is 4. The lowest BCUT2D eigenvalue weighted by Gasteiger charge is -2.38. The highest BCUT2D eigenvalue weighted by molar-refractivity contribution is 5.86. The number of nitrogens with zero attached hydrogens (tertiary/aromatic N) is 3. The van der Waals surface area contributed by atoms with Gasteiger partial charge in [0.1, 0.15) is 29.8 Å². The van der Waals surface area contributed by atoms with Gasteiger partial charge in [-0.1, -0.05) is 6.92 Å². The molecule has 1 atom stereocenters. The van der Waals surface area contributed by atoms with Crippen molar-refractivity contribution in [2.24, 2.45) is 0 Å². The molecule has 32 heavy (non-hydrogen) atoms. The summed E-state index contributed by atoms with van der Waals surface area (Å²) in [5.74, 6) is -0.630. The fourth-order valence-corrected chi connectivity index (χ4v) is 2.69. The lowest BCUT2D eigenvalue weighted by molar-refractivity contribution is -0.160. The molecule has 0 unspecified atom stereocenters. The molecule has 0 saturated heterocycles. The van der Waals surface area contributed by atoms with Gasteiger partial charge >= 0.3 is 18.2 Å². The fraction of sp³-hybridized carbons (Fsp3) is 0.727. The van der Waals surface area contributed by atoms with Crippen LogP contribution in [-0.4, -0.2) is 69.8 Å². The molecule has 1 aromatic heterocycles. The number of methoxy groups -OCH3 is 1. The maximum atomic E-state index is 13.1. The van der Waals surface area contributed by atoms with Crippen LogP contribution in [0.4, 0.5) is 9.59 Å². The van der Waals surface area contributed by atoms with Gasteiger partial charge in [-0.15, -0.1) is 0 Å². The monoisotopic (exact) mass is 455 g/mol. The van der Waals surface area contributed by atoms with Gasteiger partial charge in [-0.2, -0.15) is 0 Å². The summed E-state index contributed by atoms with van der Waals surface area (Å²) in [4.78, 5) is 43.8. The van der Waals surface area contributed by atoms with Crippen LogP contribution in [0.5, 0.6) is 0 Å². The SMILES string of the molecule is CCCOC(=O)[C@](C)(Cc1cn(C(=O)OC(C)(C)C)cn1)N(COC)C(=O)OC(C)(C)C. The number of hydrogen-bond acceptors (Lipinski definition) is 8. The number of hydrogen-bond donors (Lipinski definition) is 0. The van der Waals surface area contributed by atoms with Crippen LogP contribution >= 0.6 is 0 Å². The number of imidazole rings is 1. The minimum atomic E-state index is -1.50. The molecule has 0 aliphatic rings. The highest BCUT2D eigenvalue weighted by Crippen LogP contribution is 2.25. The molecule has 0 aromatic carbocycles. The second-order valence-corrected chi connectivity index (χ2v) is 9.67. The first-order valence-electron chi connectivity index (χ1n) is 10.6. The van der Waals surface area contributed by atoms with Crippen molar-refractivity contribution in [3.05, 3.63) is 18.2 Å². The molecule has 1 amide bonds. The lowest BCUT2D eigenvalue weighted by Crippen LogP contribution is -2.58. The molecule has 1 heterocycles. The Balaban J connectivity index is 3.29. The Morgan fingerprint density at radius 1 is 1.03 bits per heavy atom. The van der Waals surface area contributed by atoms with E-state index in [1.807, 2.05) is 6.92 Å². The van der Waals surface area contributed by atoms with Gasteiger partial charge in [-0.3, -0.25) is 4.90 Å². The molecule has 0 aliphatic heterocycles. The first kappa shape index (κ1) is 27.4. The molecule has 10 nitrogen and oxygen atoms in total. The molecule has 1 aromatic rings. The predicted octanol–water partition coefficient (Wildman–Crippen LogP) is 3.76. The summed E-state index contributed by atoms with van der Waals surface area (Å²) >= 11 is 0. The molecule has 0 bridgehead atoms. The van der Waals surface area contributed by atoms with Crippen LogP contribution in [0.15, 0.2) is 12.5 Å². The Labute approximate surface area is 190 Å². The Hall–Kier alpha value is -2.62. The maximum absolute atomic E-state index is 13.1. The Bertz CT molecular complexity index is 792. The van der Waals surface area contributed by atoms with E-state index in [2.05, 4.69) is 4.98 Å². The predicted molar refractivity (Wildman–Crippen MR) is 117 cm³/mol. The van der Waals surface area contributed by atoms with E-state index in [1.54, 1.807) is 48.5 Å². The number of carbonyl (C=O) groups excluding carboxylic acids is 3. The first-order valence-corrected chi connectivity index (χ1v) is 10.6. The summed E-state index contributed by atoms with van der Waals surface area (Å²) in [6.07, 6.45) is 2.00. The van der Waals surface area contributed by atoms with Gasteiger partial charge in [0.2, 0.25) is 0 Å². The van der Waals surface area contributed by atoms with E-state index in [0.29, 0.717) is 12.1 Å². The van der Waals surface area contributed by atoms with Crippen LogP contribution in [0.2, 0.25) is 0 Å². The quantitative estimate of drug-likeness (QED) is 0.331. The summed E-state index contributed by atoms with van der Waals surface area (Å²) in [5.41, 5.74) is -2.57. The van der Waals surface area contributed by atoms with Crippen molar-refractivity contribution in [3.63, 3.8) is 0 Å². The van der Waals surface area contributed by atoms with Crippen LogP contribution in [0.1, 0.15) is 67.5 Å². The van der Waals surface area contributed by atoms with Crippen LogP contribution < -0.4 is 0 Å². The molecular formula is C22H37N3O7. The van der Waals surface area contributed by atoms with Gasteiger partial charge in [0, 0.05) is 19.7 Å². The third-order valence-electron chi connectivity index (χ3n) is 4.11. The fourth-order valence-electron chi connectivity index (χ4n) is 2.69. The normalized spacial score (nSPS) is 13.8. The molecule has 182 valence electrons. The molecule has 0 N–H and O–H groups in total. The number of carbonyl (C=O) groups is 3. The Kier molecular flexibility index (Phi) is 9.25. The third kappa shape index (κ3) is 8.14. The summed E-state index contributed by atoms with van der Waals surface area (Å²) in [6, 6.07) is 0. The van der Waals surface area contributed by atoms with E-state index in [4.69, 9.17) is 18.9 Å². The topological polar surface area (TPSA) is 109 Å². The zero-order valence-electron chi connectivity index (χ0n) is 20.7. The Morgan fingerprint density at radius 2 is 1.62 bits per heavy atom. The van der Waals surface area contributed by atoms with Crippen molar-refractivity contribution in [2.75, 3.05) is 20.4 Å². The van der Waals surface area contributed by atoms with Gasteiger partial charge in [-0.05, 0) is 54.9 Å². The number of aromatic nitrogens is 2. The number of rotatable bonds is 8. The van der Waals surface area contributed by atoms with Gasteiger partial charge in [0.25, 0.3) is 0 Å². The minimum absolute atomic E-state index is 0.0338. The standard InChI is InChI=1S/C22H37N3O7/c1-10-11-30-17(26)22(8,25(15-29-9)19(28)32-21(5,6)7)12-16-13-24(14-23-16)18(27)31-20(2,3)4/h13-14H,10-12,15H2,1-9H3/t22-/m0/s1. The van der Waals surface area contributed by atoms with Crippen molar-refractivity contribution < 1.29 is 33.3 Å². The molecule has 10 heteroatoms. The lowest BCUT2D eigenvalue weighted by atomic mass is 9.94. The highest BCUT2D eigenvalue weighted by Gasteiger charge is 2.46. The molecule has 0 saturated carbocycles. The molecule has 0 spiro atoms. The second-order valence-electron chi connectivity index (χ2n) is 9.67. The Morgan fingerprint density at radius 3 is 2.12 bits per heavy atom. The van der Waals surface area contributed by atoms with E-state index in [-0.39, 0.29) is 19.8 Å². The van der Waals surface area contributed by atoms with Crippen molar-refractivity contribution in [1.29, 1.82) is 0 Å². The maximum Gasteiger partial charge on any atom is 0.419 e. The number of amides is 1. The molecule has 0 radical (unpaired) electrons. The van der Waals surface area contributed by atoms with E-state index in [0.717, 1.165) is 0 Å². The van der Waals surface area contributed by atoms with E-state index < -0.39 is 34.9 Å². The molecular weight excluding hydrogens is 418 g/mol. The number of esters is 1. The minimum Gasteiger partial charge on any atom is -0.464 e. The second kappa shape index (κ2) is 10.8. The van der Waals surface area contributed by atoms with Gasteiger partial charge < -0.3 is 18.9 Å². The highest BCUT2D eigenvalue weighted by atomic mass is 16.6. The molecule has 0 fully saturated rings. The van der Waals surface area contributed by atoms with E-state index >= 15 is 0 Å². The molecule has 1 rings (SSSR count). The van der Waals surface area contributed by atoms with Crippen molar-refractivity contribution >= 4 is 18.2 Å². The van der Waals surface area contributed by atoms with Crippen molar-refractivity contribution in [2.45, 2.75) is 85.0 Å². The smallest absolute Gasteiger partial charge is 0.419 e. The van der Waals surface area contributed by atoms with E-state index in [9.17, 15) is 14.4 Å².